The number of hydrogen-bond acceptors (Lipinski definition) is 5. The average molecular weight is 495 g/mol. The third-order valence-electron chi connectivity index (χ3n) is 5.86. The van der Waals surface area contributed by atoms with E-state index in [4.69, 9.17) is 5.73 Å². The second kappa shape index (κ2) is 9.95. The number of nitrogens with zero attached hydrogens (tertiary/aromatic N) is 2. The van der Waals surface area contributed by atoms with Gasteiger partial charge in [-0.3, -0.25) is 19.3 Å². The first kappa shape index (κ1) is 24.5. The molecule has 3 N–H and O–H groups in total. The number of carbonyl (C=O) groups excluding carboxylic acids is 3. The SMILES string of the molecule is Cc1c(F)cc(C(N)=O)cc1-c1ccc(C(=O)NCC(C)C)cc1C(=O)N(c1nccs1)C1CC1. The van der Waals surface area contributed by atoms with Crippen LogP contribution in [0.1, 0.15) is 63.3 Å². The number of rotatable bonds is 8. The minimum absolute atomic E-state index is 0.000718. The van der Waals surface area contributed by atoms with Crippen LogP contribution in [0.5, 0.6) is 0 Å². The van der Waals surface area contributed by atoms with Gasteiger partial charge in [0.05, 0.1) is 0 Å². The van der Waals surface area contributed by atoms with Gasteiger partial charge in [-0.2, -0.15) is 0 Å². The van der Waals surface area contributed by atoms with Gasteiger partial charge in [0.25, 0.3) is 11.8 Å². The summed E-state index contributed by atoms with van der Waals surface area (Å²) in [5.74, 6) is -1.75. The molecule has 0 unspecified atom stereocenters. The molecular weight excluding hydrogens is 467 g/mol. The van der Waals surface area contributed by atoms with Gasteiger partial charge in [0, 0.05) is 40.9 Å². The molecule has 1 saturated carbocycles. The van der Waals surface area contributed by atoms with E-state index in [1.165, 1.54) is 23.5 Å². The van der Waals surface area contributed by atoms with Crippen LogP contribution in [0, 0.1) is 18.7 Å². The summed E-state index contributed by atoms with van der Waals surface area (Å²) in [6, 6.07) is 7.33. The highest BCUT2D eigenvalue weighted by molar-refractivity contribution is 7.13. The number of nitrogens with one attached hydrogen (secondary N) is 1. The Hall–Kier alpha value is -3.59. The van der Waals surface area contributed by atoms with Crippen molar-refractivity contribution in [2.24, 2.45) is 11.7 Å². The maximum atomic E-state index is 14.7. The molecule has 7 nitrogen and oxygen atoms in total. The molecule has 182 valence electrons. The van der Waals surface area contributed by atoms with Crippen molar-refractivity contribution in [3.05, 3.63) is 70.0 Å². The molecule has 9 heteroatoms. The van der Waals surface area contributed by atoms with Gasteiger partial charge < -0.3 is 11.1 Å². The topological polar surface area (TPSA) is 105 Å². The number of thiazole rings is 1. The van der Waals surface area contributed by atoms with Crippen molar-refractivity contribution in [1.29, 1.82) is 0 Å². The maximum absolute atomic E-state index is 14.7. The summed E-state index contributed by atoms with van der Waals surface area (Å²) < 4.78 is 14.7. The van der Waals surface area contributed by atoms with Crippen LogP contribution in [0.25, 0.3) is 11.1 Å². The zero-order chi connectivity index (χ0) is 25.3. The van der Waals surface area contributed by atoms with E-state index in [9.17, 15) is 18.8 Å². The number of nitrogens with two attached hydrogens (primary N) is 1. The van der Waals surface area contributed by atoms with E-state index in [1.807, 2.05) is 13.8 Å². The summed E-state index contributed by atoms with van der Waals surface area (Å²) in [7, 11) is 0. The van der Waals surface area contributed by atoms with E-state index in [2.05, 4.69) is 10.3 Å². The second-order valence-electron chi connectivity index (χ2n) is 9.08. The normalized spacial score (nSPS) is 13.1. The molecule has 35 heavy (non-hydrogen) atoms. The predicted molar refractivity (Wildman–Crippen MR) is 134 cm³/mol. The molecule has 0 saturated heterocycles. The van der Waals surface area contributed by atoms with E-state index in [0.717, 1.165) is 18.9 Å². The lowest BCUT2D eigenvalue weighted by molar-refractivity contribution is 0.0947. The Morgan fingerprint density at radius 2 is 1.91 bits per heavy atom. The van der Waals surface area contributed by atoms with Gasteiger partial charge in [0.15, 0.2) is 5.13 Å². The first-order valence-electron chi connectivity index (χ1n) is 11.4. The monoisotopic (exact) mass is 494 g/mol. The van der Waals surface area contributed by atoms with Crippen LogP contribution >= 0.6 is 11.3 Å². The summed E-state index contributed by atoms with van der Waals surface area (Å²) >= 11 is 1.35. The fraction of sp³-hybridized carbons (Fsp3) is 0.308. The van der Waals surface area contributed by atoms with Gasteiger partial charge in [-0.25, -0.2) is 9.37 Å². The molecule has 2 aromatic carbocycles. The molecule has 3 aromatic rings. The van der Waals surface area contributed by atoms with Crippen molar-refractivity contribution in [3.63, 3.8) is 0 Å². The van der Waals surface area contributed by atoms with E-state index in [1.54, 1.807) is 35.5 Å². The van der Waals surface area contributed by atoms with Crippen molar-refractivity contribution in [1.82, 2.24) is 10.3 Å². The van der Waals surface area contributed by atoms with E-state index >= 15 is 0 Å². The number of carbonyl (C=O) groups is 3. The summed E-state index contributed by atoms with van der Waals surface area (Å²) in [4.78, 5) is 44.5. The van der Waals surface area contributed by atoms with Gasteiger partial charge >= 0.3 is 0 Å². The third kappa shape index (κ3) is 5.24. The van der Waals surface area contributed by atoms with E-state index < -0.39 is 11.7 Å². The number of aromatic nitrogens is 1. The maximum Gasteiger partial charge on any atom is 0.260 e. The molecule has 1 aromatic heterocycles. The Bertz CT molecular complexity index is 1290. The number of hydrogen-bond donors (Lipinski definition) is 2. The van der Waals surface area contributed by atoms with Gasteiger partial charge in [-0.05, 0) is 66.6 Å². The molecule has 1 fully saturated rings. The van der Waals surface area contributed by atoms with Crippen LogP contribution in [0.4, 0.5) is 9.52 Å². The van der Waals surface area contributed by atoms with Crippen LogP contribution < -0.4 is 16.0 Å². The molecule has 1 aliphatic carbocycles. The van der Waals surface area contributed by atoms with Crippen LogP contribution in [0.2, 0.25) is 0 Å². The van der Waals surface area contributed by atoms with Crippen LogP contribution in [-0.2, 0) is 0 Å². The lowest BCUT2D eigenvalue weighted by Crippen LogP contribution is -2.34. The van der Waals surface area contributed by atoms with Crippen LogP contribution in [0.3, 0.4) is 0 Å². The zero-order valence-corrected chi connectivity index (χ0v) is 20.6. The van der Waals surface area contributed by atoms with E-state index in [-0.39, 0.29) is 40.5 Å². The molecule has 0 atom stereocenters. The minimum Gasteiger partial charge on any atom is -0.366 e. The number of primary amides is 1. The standard InChI is InChI=1S/C26H27FN4O3S/c1-14(2)13-30-24(33)16-4-7-19(20-11-17(23(28)32)12-22(27)15(20)3)21(10-16)25(34)31(18-5-6-18)26-29-8-9-35-26/h4,7-12,14,18H,5-6,13H2,1-3H3,(H2,28,32)(H,30,33). The van der Waals surface area contributed by atoms with Gasteiger partial charge in [0.2, 0.25) is 5.91 Å². The van der Waals surface area contributed by atoms with Crippen molar-refractivity contribution < 1.29 is 18.8 Å². The lowest BCUT2D eigenvalue weighted by atomic mass is 9.91. The largest absolute Gasteiger partial charge is 0.366 e. The number of benzene rings is 2. The van der Waals surface area contributed by atoms with Crippen LogP contribution in [0.15, 0.2) is 41.9 Å². The fourth-order valence-corrected chi connectivity index (χ4v) is 4.51. The second-order valence-corrected chi connectivity index (χ2v) is 9.95. The van der Waals surface area contributed by atoms with Crippen molar-refractivity contribution in [2.45, 2.75) is 39.7 Å². The Labute approximate surface area is 207 Å². The Morgan fingerprint density at radius 3 is 2.51 bits per heavy atom. The number of halogens is 1. The Morgan fingerprint density at radius 1 is 1.17 bits per heavy atom. The third-order valence-corrected chi connectivity index (χ3v) is 6.63. The highest BCUT2D eigenvalue weighted by Crippen LogP contribution is 2.37. The first-order chi connectivity index (χ1) is 16.7. The van der Waals surface area contributed by atoms with Crippen molar-refractivity contribution in [2.75, 3.05) is 11.4 Å². The fourth-order valence-electron chi connectivity index (χ4n) is 3.80. The average Bonchev–Trinajstić information content (AvgIpc) is 3.51. The predicted octanol–water partition coefficient (Wildman–Crippen LogP) is 4.55. The zero-order valence-electron chi connectivity index (χ0n) is 19.8. The van der Waals surface area contributed by atoms with Gasteiger partial charge in [-0.1, -0.05) is 19.9 Å². The number of amides is 3. The summed E-state index contributed by atoms with van der Waals surface area (Å²) in [6.45, 7) is 6.04. The summed E-state index contributed by atoms with van der Waals surface area (Å²) in [6.07, 6.45) is 3.33. The molecule has 0 radical (unpaired) electrons. The van der Waals surface area contributed by atoms with Crippen LogP contribution in [-0.4, -0.2) is 35.3 Å². The quantitative estimate of drug-likeness (QED) is 0.479. The number of anilines is 1. The summed E-state index contributed by atoms with van der Waals surface area (Å²) in [5, 5.41) is 5.22. The van der Waals surface area contributed by atoms with E-state index in [0.29, 0.717) is 28.4 Å². The molecule has 1 heterocycles. The molecule has 4 rings (SSSR count). The molecule has 0 spiro atoms. The smallest absolute Gasteiger partial charge is 0.260 e. The molecule has 3 amide bonds. The van der Waals surface area contributed by atoms with Crippen molar-refractivity contribution >= 4 is 34.2 Å². The highest BCUT2D eigenvalue weighted by atomic mass is 32.1. The minimum atomic E-state index is -0.773. The Kier molecular flexibility index (Phi) is 6.98. The molecule has 1 aliphatic rings. The first-order valence-corrected chi connectivity index (χ1v) is 12.3. The Balaban J connectivity index is 1.87. The highest BCUT2D eigenvalue weighted by Gasteiger charge is 2.37. The van der Waals surface area contributed by atoms with Gasteiger partial charge in [0.1, 0.15) is 5.82 Å². The molecular formula is C26H27FN4O3S. The summed E-state index contributed by atoms with van der Waals surface area (Å²) in [5.41, 5.74) is 7.02. The molecule has 0 aliphatic heterocycles. The van der Waals surface area contributed by atoms with Gasteiger partial charge in [-0.15, -0.1) is 11.3 Å². The van der Waals surface area contributed by atoms with Crippen molar-refractivity contribution in [3.8, 4) is 11.1 Å². The lowest BCUT2D eigenvalue weighted by Gasteiger charge is -2.22. The molecule has 0 bridgehead atoms.